The molecule has 124 valence electrons. The van der Waals surface area contributed by atoms with Crippen LogP contribution < -0.4 is 0 Å². The summed E-state index contributed by atoms with van der Waals surface area (Å²) in [5.74, 6) is 1.41. The molecule has 1 N–H and O–H groups in total. The Morgan fingerprint density at radius 3 is 2.32 bits per heavy atom. The zero-order valence-electron chi connectivity index (χ0n) is 14.2. The molecule has 1 saturated heterocycles. The number of carbonyl (C=O) groups is 1. The van der Waals surface area contributed by atoms with Gasteiger partial charge in [0.2, 0.25) is 5.89 Å². The maximum absolute atomic E-state index is 11.8. The number of piperazine rings is 1. The molecule has 0 aromatic carbocycles. The third kappa shape index (κ3) is 3.67. The zero-order valence-corrected chi connectivity index (χ0v) is 14.2. The molecular weight excluding hydrogens is 282 g/mol. The number of hydrogen-bond acceptors (Lipinski definition) is 5. The lowest BCUT2D eigenvalue weighted by atomic mass is 9.94. The first-order chi connectivity index (χ1) is 10.2. The summed E-state index contributed by atoms with van der Waals surface area (Å²) in [6.45, 7) is 12.7. The van der Waals surface area contributed by atoms with Crippen molar-refractivity contribution in [3.8, 4) is 0 Å². The quantitative estimate of drug-likeness (QED) is 0.917. The highest BCUT2D eigenvalue weighted by molar-refractivity contribution is 5.80. The number of oxazole rings is 1. The van der Waals surface area contributed by atoms with Gasteiger partial charge in [0, 0.05) is 31.6 Å². The largest absolute Gasteiger partial charge is 0.443 e. The summed E-state index contributed by atoms with van der Waals surface area (Å²) < 4.78 is 5.90. The molecule has 1 amide bonds. The van der Waals surface area contributed by atoms with E-state index in [9.17, 15) is 9.90 Å². The highest BCUT2D eigenvalue weighted by Crippen LogP contribution is 2.27. The Hall–Kier alpha value is -1.40. The number of carbonyl (C=O) groups excluding carboxylic acids is 1. The number of aromatic nitrogens is 1. The van der Waals surface area contributed by atoms with E-state index in [1.807, 2.05) is 0 Å². The van der Waals surface area contributed by atoms with Gasteiger partial charge < -0.3 is 14.4 Å². The van der Waals surface area contributed by atoms with E-state index < -0.39 is 6.10 Å². The lowest BCUT2D eigenvalue weighted by Gasteiger charge is -2.37. The SMILES string of the molecule is CC(O)C(=O)N1CCN(C(C)c2ncc(C(C)(C)C)o2)CC1. The second-order valence-corrected chi connectivity index (χ2v) is 7.03. The molecule has 2 rings (SSSR count). The van der Waals surface area contributed by atoms with Crippen molar-refractivity contribution in [2.24, 2.45) is 0 Å². The molecule has 1 aliphatic heterocycles. The number of amides is 1. The van der Waals surface area contributed by atoms with E-state index in [0.29, 0.717) is 13.1 Å². The molecule has 6 heteroatoms. The van der Waals surface area contributed by atoms with Crippen LogP contribution in [0.3, 0.4) is 0 Å². The minimum atomic E-state index is -0.926. The molecule has 0 spiro atoms. The fourth-order valence-corrected chi connectivity index (χ4v) is 2.58. The summed E-state index contributed by atoms with van der Waals surface area (Å²) >= 11 is 0. The number of aliphatic hydroxyl groups excluding tert-OH is 1. The van der Waals surface area contributed by atoms with Gasteiger partial charge in [0.25, 0.3) is 5.91 Å². The average molecular weight is 309 g/mol. The third-order valence-electron chi connectivity index (χ3n) is 4.15. The monoisotopic (exact) mass is 309 g/mol. The Kier molecular flexibility index (Phi) is 4.92. The lowest BCUT2D eigenvalue weighted by molar-refractivity contribution is -0.141. The molecule has 22 heavy (non-hydrogen) atoms. The highest BCUT2D eigenvalue weighted by atomic mass is 16.4. The van der Waals surface area contributed by atoms with Crippen LogP contribution in [0, 0.1) is 0 Å². The topological polar surface area (TPSA) is 69.8 Å². The molecule has 0 aliphatic carbocycles. The van der Waals surface area contributed by atoms with Crippen molar-refractivity contribution in [2.75, 3.05) is 26.2 Å². The summed E-state index contributed by atoms with van der Waals surface area (Å²) in [5, 5.41) is 9.38. The van der Waals surface area contributed by atoms with Gasteiger partial charge in [-0.15, -0.1) is 0 Å². The molecular formula is C16H27N3O3. The van der Waals surface area contributed by atoms with Crippen molar-refractivity contribution in [3.05, 3.63) is 17.8 Å². The maximum atomic E-state index is 11.8. The number of rotatable bonds is 3. The van der Waals surface area contributed by atoms with Gasteiger partial charge in [-0.1, -0.05) is 20.8 Å². The van der Waals surface area contributed by atoms with Crippen molar-refractivity contribution in [1.82, 2.24) is 14.8 Å². The van der Waals surface area contributed by atoms with E-state index in [0.717, 1.165) is 24.7 Å². The van der Waals surface area contributed by atoms with Gasteiger partial charge >= 0.3 is 0 Å². The highest BCUT2D eigenvalue weighted by Gasteiger charge is 2.29. The third-order valence-corrected chi connectivity index (χ3v) is 4.15. The Bertz CT molecular complexity index is 511. The van der Waals surface area contributed by atoms with Crippen LogP contribution in [0.1, 0.15) is 52.3 Å². The van der Waals surface area contributed by atoms with Crippen LogP contribution in [0.2, 0.25) is 0 Å². The second-order valence-electron chi connectivity index (χ2n) is 7.03. The van der Waals surface area contributed by atoms with E-state index in [2.05, 4.69) is 37.6 Å². The van der Waals surface area contributed by atoms with E-state index in [1.165, 1.54) is 6.92 Å². The van der Waals surface area contributed by atoms with Crippen LogP contribution in [0.25, 0.3) is 0 Å². The van der Waals surface area contributed by atoms with E-state index in [1.54, 1.807) is 11.1 Å². The Labute approximate surface area is 132 Å². The molecule has 2 heterocycles. The number of hydrogen-bond donors (Lipinski definition) is 1. The standard InChI is InChI=1S/C16H27N3O3/c1-11(14-17-10-13(22-14)16(3,4)5)18-6-8-19(9-7-18)15(21)12(2)20/h10-12,20H,6-9H2,1-5H3. The summed E-state index contributed by atoms with van der Waals surface area (Å²) in [5.41, 5.74) is -0.0483. The van der Waals surface area contributed by atoms with Crippen LogP contribution in [0.15, 0.2) is 10.6 Å². The molecule has 1 aliphatic rings. The fraction of sp³-hybridized carbons (Fsp3) is 0.750. The molecule has 1 aromatic heterocycles. The minimum absolute atomic E-state index is 0.0483. The molecule has 0 radical (unpaired) electrons. The minimum Gasteiger partial charge on any atom is -0.443 e. The smallest absolute Gasteiger partial charge is 0.251 e. The molecule has 1 fully saturated rings. The Morgan fingerprint density at radius 2 is 1.86 bits per heavy atom. The molecule has 6 nitrogen and oxygen atoms in total. The van der Waals surface area contributed by atoms with Gasteiger partial charge in [0.1, 0.15) is 11.9 Å². The van der Waals surface area contributed by atoms with Crippen molar-refractivity contribution in [3.63, 3.8) is 0 Å². The summed E-state index contributed by atoms with van der Waals surface area (Å²) in [4.78, 5) is 20.2. The van der Waals surface area contributed by atoms with Crippen LogP contribution in [-0.4, -0.2) is 58.1 Å². The van der Waals surface area contributed by atoms with Crippen LogP contribution in [-0.2, 0) is 10.2 Å². The van der Waals surface area contributed by atoms with Gasteiger partial charge in [-0.3, -0.25) is 9.69 Å². The zero-order chi connectivity index (χ0) is 16.5. The van der Waals surface area contributed by atoms with Gasteiger partial charge in [0.05, 0.1) is 12.2 Å². The summed E-state index contributed by atoms with van der Waals surface area (Å²) in [7, 11) is 0. The van der Waals surface area contributed by atoms with Crippen molar-refractivity contribution in [1.29, 1.82) is 0 Å². The van der Waals surface area contributed by atoms with Gasteiger partial charge in [-0.2, -0.15) is 0 Å². The number of nitrogens with zero attached hydrogens (tertiary/aromatic N) is 3. The van der Waals surface area contributed by atoms with Crippen LogP contribution in [0.4, 0.5) is 0 Å². The van der Waals surface area contributed by atoms with E-state index in [4.69, 9.17) is 4.42 Å². The van der Waals surface area contributed by atoms with Crippen molar-refractivity contribution in [2.45, 2.75) is 52.2 Å². The van der Waals surface area contributed by atoms with Gasteiger partial charge in [-0.25, -0.2) is 4.98 Å². The summed E-state index contributed by atoms with van der Waals surface area (Å²) in [6.07, 6.45) is 0.879. The van der Waals surface area contributed by atoms with Crippen LogP contribution in [0.5, 0.6) is 0 Å². The predicted octanol–water partition coefficient (Wildman–Crippen LogP) is 1.56. The van der Waals surface area contributed by atoms with E-state index >= 15 is 0 Å². The van der Waals surface area contributed by atoms with Crippen LogP contribution >= 0.6 is 0 Å². The fourth-order valence-electron chi connectivity index (χ4n) is 2.58. The second kappa shape index (κ2) is 6.38. The first-order valence-electron chi connectivity index (χ1n) is 7.87. The lowest BCUT2D eigenvalue weighted by Crippen LogP contribution is -2.51. The normalized spacial score (nSPS) is 20.0. The number of aliphatic hydroxyl groups is 1. The van der Waals surface area contributed by atoms with Crippen molar-refractivity contribution < 1.29 is 14.3 Å². The van der Waals surface area contributed by atoms with Gasteiger partial charge in [0.15, 0.2) is 0 Å². The van der Waals surface area contributed by atoms with Gasteiger partial charge in [-0.05, 0) is 13.8 Å². The Balaban J connectivity index is 1.96. The first-order valence-corrected chi connectivity index (χ1v) is 7.87. The predicted molar refractivity (Wildman–Crippen MR) is 83.5 cm³/mol. The van der Waals surface area contributed by atoms with E-state index in [-0.39, 0.29) is 17.4 Å². The average Bonchev–Trinajstić information content (AvgIpc) is 2.95. The molecule has 2 unspecified atom stereocenters. The maximum Gasteiger partial charge on any atom is 0.251 e. The molecule has 0 bridgehead atoms. The molecule has 0 saturated carbocycles. The molecule has 2 atom stereocenters. The first kappa shape index (κ1) is 17.0. The molecule has 1 aromatic rings. The summed E-state index contributed by atoms with van der Waals surface area (Å²) in [6, 6.07) is 0.0832. The van der Waals surface area contributed by atoms with Crippen molar-refractivity contribution >= 4 is 5.91 Å². The Morgan fingerprint density at radius 1 is 1.27 bits per heavy atom.